The first-order chi connectivity index (χ1) is 6.49. The molecule has 3 nitrogen and oxygen atoms in total. The van der Waals surface area contributed by atoms with E-state index in [1.54, 1.807) is 6.20 Å². The molecule has 0 saturated carbocycles. The van der Waals surface area contributed by atoms with Crippen molar-refractivity contribution in [2.24, 2.45) is 5.73 Å². The summed E-state index contributed by atoms with van der Waals surface area (Å²) in [5.74, 6) is 0.768. The Morgan fingerprint density at radius 2 is 2.21 bits per heavy atom. The van der Waals surface area contributed by atoms with Crippen LogP contribution in [0, 0.1) is 0 Å². The Bertz CT molecular complexity index is 312. The molecule has 4 heteroatoms. The van der Waals surface area contributed by atoms with Crippen molar-refractivity contribution in [1.82, 2.24) is 4.98 Å². The third-order valence-corrected chi connectivity index (χ3v) is 2.76. The fourth-order valence-corrected chi connectivity index (χ4v) is 1.30. The normalized spacial score (nSPS) is 11.5. The third kappa shape index (κ3) is 2.16. The van der Waals surface area contributed by atoms with Crippen LogP contribution in [-0.2, 0) is 0 Å². The van der Waals surface area contributed by atoms with Crippen molar-refractivity contribution < 1.29 is 0 Å². The van der Waals surface area contributed by atoms with Gasteiger partial charge in [-0.3, -0.25) is 0 Å². The molecular weight excluding hydrogens is 198 g/mol. The predicted molar refractivity (Wildman–Crippen MR) is 60.8 cm³/mol. The third-order valence-electron chi connectivity index (χ3n) is 2.46. The molecule has 0 aliphatic heterocycles. The van der Waals surface area contributed by atoms with Crippen molar-refractivity contribution >= 4 is 17.4 Å². The molecule has 0 radical (unpaired) electrons. The predicted octanol–water partition coefficient (Wildman–Crippen LogP) is 1.91. The van der Waals surface area contributed by atoms with Crippen molar-refractivity contribution in [3.8, 4) is 0 Å². The van der Waals surface area contributed by atoms with E-state index in [0.717, 1.165) is 5.82 Å². The summed E-state index contributed by atoms with van der Waals surface area (Å²) < 4.78 is 0. The van der Waals surface area contributed by atoms with Gasteiger partial charge in [0.15, 0.2) is 0 Å². The van der Waals surface area contributed by atoms with Crippen LogP contribution in [0.4, 0.5) is 5.82 Å². The molecule has 0 amide bonds. The van der Waals surface area contributed by atoms with Crippen molar-refractivity contribution in [2.75, 3.05) is 18.5 Å². The van der Waals surface area contributed by atoms with Crippen LogP contribution in [0.3, 0.4) is 0 Å². The van der Waals surface area contributed by atoms with Crippen LogP contribution in [-0.4, -0.2) is 24.1 Å². The second-order valence-electron chi connectivity index (χ2n) is 3.88. The SMILES string of the molecule is CN(c1ncccc1Cl)C(C)(C)CN. The van der Waals surface area contributed by atoms with Crippen molar-refractivity contribution in [3.63, 3.8) is 0 Å². The van der Waals surface area contributed by atoms with E-state index in [9.17, 15) is 0 Å². The number of pyridine rings is 1. The Morgan fingerprint density at radius 3 is 2.71 bits per heavy atom. The quantitative estimate of drug-likeness (QED) is 0.834. The molecule has 2 N–H and O–H groups in total. The van der Waals surface area contributed by atoms with Gasteiger partial charge in [-0.15, -0.1) is 0 Å². The Balaban J connectivity index is 3.00. The van der Waals surface area contributed by atoms with Gasteiger partial charge in [0.2, 0.25) is 0 Å². The molecule has 0 aliphatic rings. The maximum Gasteiger partial charge on any atom is 0.147 e. The molecule has 1 rings (SSSR count). The Labute approximate surface area is 89.9 Å². The minimum atomic E-state index is -0.141. The first kappa shape index (κ1) is 11.3. The maximum absolute atomic E-state index is 6.04. The number of halogens is 1. The van der Waals surface area contributed by atoms with Gasteiger partial charge in [0.05, 0.1) is 5.02 Å². The highest BCUT2D eigenvalue weighted by Gasteiger charge is 2.24. The minimum Gasteiger partial charge on any atom is -0.352 e. The number of anilines is 1. The van der Waals surface area contributed by atoms with Crippen LogP contribution in [0.2, 0.25) is 5.02 Å². The highest BCUT2D eigenvalue weighted by atomic mass is 35.5. The van der Waals surface area contributed by atoms with Gasteiger partial charge in [-0.05, 0) is 26.0 Å². The average Bonchev–Trinajstić information content (AvgIpc) is 2.17. The number of hydrogen-bond acceptors (Lipinski definition) is 3. The first-order valence-electron chi connectivity index (χ1n) is 4.53. The number of nitrogens with zero attached hydrogens (tertiary/aromatic N) is 2. The molecule has 0 saturated heterocycles. The van der Waals surface area contributed by atoms with E-state index in [-0.39, 0.29) is 5.54 Å². The lowest BCUT2D eigenvalue weighted by molar-refractivity contribution is 0.495. The summed E-state index contributed by atoms with van der Waals surface area (Å²) in [5.41, 5.74) is 5.54. The molecule has 0 aromatic carbocycles. The van der Waals surface area contributed by atoms with Gasteiger partial charge < -0.3 is 10.6 Å². The van der Waals surface area contributed by atoms with Gasteiger partial charge in [0.25, 0.3) is 0 Å². The van der Waals surface area contributed by atoms with E-state index in [2.05, 4.69) is 18.8 Å². The molecule has 0 spiro atoms. The summed E-state index contributed by atoms with van der Waals surface area (Å²) in [6.07, 6.45) is 1.73. The number of nitrogens with two attached hydrogens (primary N) is 1. The zero-order chi connectivity index (χ0) is 10.8. The Morgan fingerprint density at radius 1 is 1.57 bits per heavy atom. The lowest BCUT2D eigenvalue weighted by Crippen LogP contribution is -2.47. The summed E-state index contributed by atoms with van der Waals surface area (Å²) in [5, 5.41) is 0.650. The van der Waals surface area contributed by atoms with Crippen molar-refractivity contribution in [1.29, 1.82) is 0 Å². The number of rotatable bonds is 3. The van der Waals surface area contributed by atoms with E-state index in [0.29, 0.717) is 11.6 Å². The second-order valence-corrected chi connectivity index (χ2v) is 4.29. The van der Waals surface area contributed by atoms with Gasteiger partial charge >= 0.3 is 0 Å². The van der Waals surface area contributed by atoms with Gasteiger partial charge in [-0.2, -0.15) is 0 Å². The molecule has 0 fully saturated rings. The molecule has 78 valence electrons. The molecular formula is C10H16ClN3. The smallest absolute Gasteiger partial charge is 0.147 e. The summed E-state index contributed by atoms with van der Waals surface area (Å²) >= 11 is 6.04. The number of aromatic nitrogens is 1. The molecule has 14 heavy (non-hydrogen) atoms. The first-order valence-corrected chi connectivity index (χ1v) is 4.91. The van der Waals surface area contributed by atoms with E-state index in [1.165, 1.54) is 0 Å². The van der Waals surface area contributed by atoms with Crippen molar-refractivity contribution in [3.05, 3.63) is 23.4 Å². The fourth-order valence-electron chi connectivity index (χ4n) is 1.05. The lowest BCUT2D eigenvalue weighted by Gasteiger charge is -2.35. The maximum atomic E-state index is 6.04. The zero-order valence-electron chi connectivity index (χ0n) is 8.79. The second kappa shape index (κ2) is 4.15. The molecule has 1 heterocycles. The molecule has 1 aromatic rings. The van der Waals surface area contributed by atoms with E-state index in [4.69, 9.17) is 17.3 Å². The Kier molecular flexibility index (Phi) is 3.34. The van der Waals surface area contributed by atoms with Crippen LogP contribution in [0.25, 0.3) is 0 Å². The van der Waals surface area contributed by atoms with E-state index >= 15 is 0 Å². The Hall–Kier alpha value is -0.800. The molecule has 0 unspecified atom stereocenters. The summed E-state index contributed by atoms with van der Waals surface area (Å²) in [7, 11) is 1.95. The highest BCUT2D eigenvalue weighted by molar-refractivity contribution is 6.32. The minimum absolute atomic E-state index is 0.141. The highest BCUT2D eigenvalue weighted by Crippen LogP contribution is 2.26. The van der Waals surface area contributed by atoms with Crippen LogP contribution >= 0.6 is 11.6 Å². The molecule has 0 atom stereocenters. The van der Waals surface area contributed by atoms with Crippen LogP contribution in [0.15, 0.2) is 18.3 Å². The van der Waals surface area contributed by atoms with Gasteiger partial charge in [-0.25, -0.2) is 4.98 Å². The van der Waals surface area contributed by atoms with Crippen LogP contribution in [0.1, 0.15) is 13.8 Å². The topological polar surface area (TPSA) is 42.2 Å². The van der Waals surface area contributed by atoms with Gasteiger partial charge in [0.1, 0.15) is 5.82 Å². The summed E-state index contributed by atoms with van der Waals surface area (Å²) in [6.45, 7) is 4.66. The van der Waals surface area contributed by atoms with E-state index < -0.39 is 0 Å². The standard InChI is InChI=1S/C10H16ClN3/c1-10(2,7-12)14(3)9-8(11)5-4-6-13-9/h4-6H,7,12H2,1-3H3. The van der Waals surface area contributed by atoms with Crippen molar-refractivity contribution in [2.45, 2.75) is 19.4 Å². The van der Waals surface area contributed by atoms with Gasteiger partial charge in [0, 0.05) is 25.3 Å². The molecule has 0 bridgehead atoms. The lowest BCUT2D eigenvalue weighted by atomic mass is 10.0. The molecule has 1 aromatic heterocycles. The van der Waals surface area contributed by atoms with Crippen LogP contribution in [0.5, 0.6) is 0 Å². The largest absolute Gasteiger partial charge is 0.352 e. The average molecular weight is 214 g/mol. The van der Waals surface area contributed by atoms with E-state index in [1.807, 2.05) is 24.1 Å². The fraction of sp³-hybridized carbons (Fsp3) is 0.500. The summed E-state index contributed by atoms with van der Waals surface area (Å²) in [6, 6.07) is 3.64. The number of likely N-dealkylation sites (N-methyl/N-ethyl adjacent to an activating group) is 1. The summed E-state index contributed by atoms with van der Waals surface area (Å²) in [4.78, 5) is 6.23. The van der Waals surface area contributed by atoms with Crippen LogP contribution < -0.4 is 10.6 Å². The molecule has 0 aliphatic carbocycles. The zero-order valence-corrected chi connectivity index (χ0v) is 9.54. The number of hydrogen-bond donors (Lipinski definition) is 1. The monoisotopic (exact) mass is 213 g/mol. The van der Waals surface area contributed by atoms with Gasteiger partial charge in [-0.1, -0.05) is 11.6 Å².